The number of anilines is 1. The van der Waals surface area contributed by atoms with Crippen LogP contribution < -0.4 is 26.0 Å². The number of nitrogens with zero attached hydrogens (tertiary/aromatic N) is 4. The molecule has 0 atom stereocenters. The van der Waals surface area contributed by atoms with Crippen molar-refractivity contribution in [2.75, 3.05) is 25.3 Å². The van der Waals surface area contributed by atoms with Crippen molar-refractivity contribution >= 4 is 34.4 Å². The number of hydrogen-bond donors (Lipinski definition) is 1. The summed E-state index contributed by atoms with van der Waals surface area (Å²) in [6, 6.07) is 5.05. The molecular weight excluding hydrogens is 446 g/mol. The number of carbonyl (C=O) groups is 1. The molecule has 2 aromatic heterocycles. The summed E-state index contributed by atoms with van der Waals surface area (Å²) >= 11 is 1.11. The summed E-state index contributed by atoms with van der Waals surface area (Å²) in [5.74, 6) is 1.36. The maximum Gasteiger partial charge on any atom is 0.332 e. The van der Waals surface area contributed by atoms with Gasteiger partial charge in [-0.2, -0.15) is 0 Å². The van der Waals surface area contributed by atoms with Crippen LogP contribution in [0.3, 0.4) is 0 Å². The number of ether oxygens (including phenoxy) is 2. The largest absolute Gasteiger partial charge is 0.497 e. The molecule has 10 nitrogen and oxygen atoms in total. The van der Waals surface area contributed by atoms with Gasteiger partial charge in [-0.1, -0.05) is 25.6 Å². The summed E-state index contributed by atoms with van der Waals surface area (Å²) in [5, 5.41) is 3.38. The van der Waals surface area contributed by atoms with Gasteiger partial charge in [-0.3, -0.25) is 18.7 Å². The van der Waals surface area contributed by atoms with Crippen molar-refractivity contribution in [2.45, 2.75) is 32.3 Å². The van der Waals surface area contributed by atoms with Crippen LogP contribution in [-0.4, -0.2) is 45.0 Å². The van der Waals surface area contributed by atoms with Crippen LogP contribution >= 0.6 is 11.8 Å². The molecule has 176 valence electrons. The molecule has 1 amide bonds. The molecule has 0 bridgehead atoms. The van der Waals surface area contributed by atoms with E-state index in [1.165, 1.54) is 25.8 Å². The SMILES string of the molecule is COc1cc(NC(=O)CSc2nc(C)nc3c2c(=O)n(C)c(=O)n3CC(C)C)cc(OC)c1. The van der Waals surface area contributed by atoms with E-state index < -0.39 is 11.2 Å². The molecule has 11 heteroatoms. The Morgan fingerprint density at radius 1 is 1.12 bits per heavy atom. The molecule has 0 aliphatic carbocycles. The first-order valence-electron chi connectivity index (χ1n) is 10.3. The van der Waals surface area contributed by atoms with Crippen LogP contribution in [0.5, 0.6) is 11.5 Å². The highest BCUT2D eigenvalue weighted by atomic mass is 32.2. The Labute approximate surface area is 195 Å². The van der Waals surface area contributed by atoms with Gasteiger partial charge in [-0.15, -0.1) is 0 Å². The summed E-state index contributed by atoms with van der Waals surface area (Å²) in [6.45, 7) is 6.05. The second kappa shape index (κ2) is 10.1. The third-order valence-corrected chi connectivity index (χ3v) is 5.76. The molecule has 0 aliphatic heterocycles. The van der Waals surface area contributed by atoms with Gasteiger partial charge < -0.3 is 14.8 Å². The lowest BCUT2D eigenvalue weighted by Gasteiger charge is -2.15. The van der Waals surface area contributed by atoms with Gasteiger partial charge >= 0.3 is 5.69 Å². The minimum atomic E-state index is -0.490. The zero-order valence-corrected chi connectivity index (χ0v) is 20.3. The van der Waals surface area contributed by atoms with Gasteiger partial charge in [0.1, 0.15) is 27.7 Å². The van der Waals surface area contributed by atoms with Crippen molar-refractivity contribution in [2.24, 2.45) is 13.0 Å². The summed E-state index contributed by atoms with van der Waals surface area (Å²) in [7, 11) is 4.48. The van der Waals surface area contributed by atoms with Crippen molar-refractivity contribution in [1.82, 2.24) is 19.1 Å². The summed E-state index contributed by atoms with van der Waals surface area (Å²) in [4.78, 5) is 47.0. The highest BCUT2D eigenvalue weighted by molar-refractivity contribution is 8.00. The molecule has 0 spiro atoms. The smallest absolute Gasteiger partial charge is 0.332 e. The van der Waals surface area contributed by atoms with Crippen LogP contribution in [0.4, 0.5) is 5.69 Å². The molecule has 2 heterocycles. The first kappa shape index (κ1) is 24.3. The first-order valence-corrected chi connectivity index (χ1v) is 11.3. The second-order valence-electron chi connectivity index (χ2n) is 7.86. The van der Waals surface area contributed by atoms with Crippen LogP contribution in [0.25, 0.3) is 11.0 Å². The predicted molar refractivity (Wildman–Crippen MR) is 128 cm³/mol. The van der Waals surface area contributed by atoms with Crippen molar-refractivity contribution < 1.29 is 14.3 Å². The van der Waals surface area contributed by atoms with E-state index in [9.17, 15) is 14.4 Å². The normalized spacial score (nSPS) is 11.1. The molecule has 0 unspecified atom stereocenters. The third-order valence-electron chi connectivity index (χ3n) is 4.78. The van der Waals surface area contributed by atoms with Crippen LogP contribution in [0.1, 0.15) is 19.7 Å². The number of aromatic nitrogens is 4. The van der Waals surface area contributed by atoms with Crippen LogP contribution in [0, 0.1) is 12.8 Å². The number of nitrogens with one attached hydrogen (secondary N) is 1. The molecule has 0 radical (unpaired) electrons. The zero-order valence-electron chi connectivity index (χ0n) is 19.5. The molecule has 3 rings (SSSR count). The molecule has 3 aromatic rings. The highest BCUT2D eigenvalue weighted by Gasteiger charge is 2.19. The number of benzene rings is 1. The Morgan fingerprint density at radius 3 is 2.33 bits per heavy atom. The van der Waals surface area contributed by atoms with Crippen molar-refractivity contribution in [3.8, 4) is 11.5 Å². The lowest BCUT2D eigenvalue weighted by Crippen LogP contribution is -2.39. The van der Waals surface area contributed by atoms with Gasteiger partial charge in [0.2, 0.25) is 5.91 Å². The molecule has 33 heavy (non-hydrogen) atoms. The van der Waals surface area contributed by atoms with Crippen molar-refractivity contribution in [3.63, 3.8) is 0 Å². The van der Waals surface area contributed by atoms with E-state index in [1.807, 2.05) is 13.8 Å². The summed E-state index contributed by atoms with van der Waals surface area (Å²) in [6.07, 6.45) is 0. The lowest BCUT2D eigenvalue weighted by molar-refractivity contribution is -0.113. The van der Waals surface area contributed by atoms with Gasteiger partial charge in [0.05, 0.1) is 20.0 Å². The Morgan fingerprint density at radius 2 is 1.76 bits per heavy atom. The molecular formula is C22H27N5O5S. The number of fused-ring (bicyclic) bond motifs is 1. The standard InChI is InChI=1S/C22H27N5O5S/c1-12(2)10-27-19-18(21(29)26(4)22(27)30)20(24-13(3)23-19)33-11-17(28)25-14-7-15(31-5)9-16(8-14)32-6/h7-9,12H,10-11H2,1-6H3,(H,25,28). The zero-order chi connectivity index (χ0) is 24.3. The minimum Gasteiger partial charge on any atom is -0.497 e. The van der Waals surface area contributed by atoms with E-state index >= 15 is 0 Å². The fourth-order valence-electron chi connectivity index (χ4n) is 3.29. The number of amides is 1. The van der Waals surface area contributed by atoms with E-state index in [4.69, 9.17) is 9.47 Å². The number of aryl methyl sites for hydroxylation is 1. The van der Waals surface area contributed by atoms with Crippen LogP contribution in [0.15, 0.2) is 32.8 Å². The third kappa shape index (κ3) is 5.36. The Hall–Kier alpha value is -3.34. The van der Waals surface area contributed by atoms with E-state index in [-0.39, 0.29) is 28.6 Å². The second-order valence-corrected chi connectivity index (χ2v) is 8.83. The van der Waals surface area contributed by atoms with Gasteiger partial charge in [-0.25, -0.2) is 14.8 Å². The predicted octanol–water partition coefficient (Wildman–Crippen LogP) is 2.20. The number of thioether (sulfide) groups is 1. The molecule has 1 N–H and O–H groups in total. The van der Waals surface area contributed by atoms with Crippen LogP contribution in [-0.2, 0) is 18.4 Å². The van der Waals surface area contributed by atoms with Gasteiger partial charge in [0, 0.05) is 37.5 Å². The maximum absolute atomic E-state index is 12.9. The number of carbonyl (C=O) groups excluding carboxylic acids is 1. The molecule has 0 fully saturated rings. The highest BCUT2D eigenvalue weighted by Crippen LogP contribution is 2.27. The van der Waals surface area contributed by atoms with Crippen molar-refractivity contribution in [3.05, 3.63) is 44.9 Å². The maximum atomic E-state index is 12.9. The quantitative estimate of drug-likeness (QED) is 0.391. The number of methoxy groups -OCH3 is 2. The average molecular weight is 474 g/mol. The van der Waals surface area contributed by atoms with E-state index in [1.54, 1.807) is 25.1 Å². The number of hydrogen-bond acceptors (Lipinski definition) is 8. The average Bonchev–Trinajstić information content (AvgIpc) is 2.78. The Kier molecular flexibility index (Phi) is 7.42. The summed E-state index contributed by atoms with van der Waals surface area (Å²) < 4.78 is 13.0. The van der Waals surface area contributed by atoms with Crippen molar-refractivity contribution in [1.29, 1.82) is 0 Å². The lowest BCUT2D eigenvalue weighted by atomic mass is 10.2. The molecule has 0 aliphatic rings. The number of rotatable bonds is 8. The van der Waals surface area contributed by atoms with E-state index in [0.717, 1.165) is 16.3 Å². The van der Waals surface area contributed by atoms with Gasteiger partial charge in [-0.05, 0) is 12.8 Å². The van der Waals surface area contributed by atoms with E-state index in [0.29, 0.717) is 34.6 Å². The molecule has 0 saturated carbocycles. The topological polar surface area (TPSA) is 117 Å². The minimum absolute atomic E-state index is 0.00244. The summed E-state index contributed by atoms with van der Waals surface area (Å²) in [5.41, 5.74) is -0.123. The van der Waals surface area contributed by atoms with Gasteiger partial charge in [0.25, 0.3) is 5.56 Å². The monoisotopic (exact) mass is 473 g/mol. The van der Waals surface area contributed by atoms with Crippen LogP contribution in [0.2, 0.25) is 0 Å². The Balaban J connectivity index is 1.94. The molecule has 1 aromatic carbocycles. The fraction of sp³-hybridized carbons (Fsp3) is 0.409. The molecule has 0 saturated heterocycles. The first-order chi connectivity index (χ1) is 15.6. The van der Waals surface area contributed by atoms with E-state index in [2.05, 4.69) is 15.3 Å². The van der Waals surface area contributed by atoms with Gasteiger partial charge in [0.15, 0.2) is 5.65 Å². The fourth-order valence-corrected chi connectivity index (χ4v) is 4.15. The Bertz CT molecular complexity index is 1290.